The summed E-state index contributed by atoms with van der Waals surface area (Å²) >= 11 is 0. The molecule has 1 aliphatic heterocycles. The molecule has 3 heteroatoms. The third-order valence-corrected chi connectivity index (χ3v) is 4.62. The van der Waals surface area contributed by atoms with Gasteiger partial charge in [0.15, 0.2) is 0 Å². The van der Waals surface area contributed by atoms with Gasteiger partial charge >= 0.3 is 0 Å². The van der Waals surface area contributed by atoms with Gasteiger partial charge in [0, 0.05) is 19.6 Å². The van der Waals surface area contributed by atoms with Crippen LogP contribution in [0, 0.1) is 5.92 Å². The first-order chi connectivity index (χ1) is 12.3. The standard InChI is InChI=1S/C14H15N.C8H16FN/c1-3-7-13(8-4-1)11-15-12-14-9-5-2-6-10-14;1-8-2-5-10(6-3-8)7-4-9/h1-10,15H,11-12H2;8H,2-7H2,1H3. The highest BCUT2D eigenvalue weighted by molar-refractivity contribution is 5.16. The first-order valence-corrected chi connectivity index (χ1v) is 9.35. The summed E-state index contributed by atoms with van der Waals surface area (Å²) in [6, 6.07) is 20.9. The predicted octanol–water partition coefficient (Wildman–Crippen LogP) is 4.66. The number of likely N-dealkylation sites (tertiary alicyclic amines) is 1. The first-order valence-electron chi connectivity index (χ1n) is 9.35. The molecule has 0 spiro atoms. The fraction of sp³-hybridized carbons (Fsp3) is 0.455. The van der Waals surface area contributed by atoms with Crippen molar-refractivity contribution in [3.8, 4) is 0 Å². The van der Waals surface area contributed by atoms with E-state index in [0.717, 1.165) is 32.1 Å². The van der Waals surface area contributed by atoms with Crippen LogP contribution in [0.1, 0.15) is 30.9 Å². The summed E-state index contributed by atoms with van der Waals surface area (Å²) in [5.41, 5.74) is 2.65. The number of piperidine rings is 1. The zero-order chi connectivity index (χ0) is 17.7. The van der Waals surface area contributed by atoms with Gasteiger partial charge in [-0.2, -0.15) is 0 Å². The lowest BCUT2D eigenvalue weighted by Crippen LogP contribution is -2.34. The molecule has 0 aromatic heterocycles. The van der Waals surface area contributed by atoms with Gasteiger partial charge in [-0.3, -0.25) is 0 Å². The Kier molecular flexibility index (Phi) is 9.24. The van der Waals surface area contributed by atoms with Gasteiger partial charge in [0.05, 0.1) is 0 Å². The molecule has 0 atom stereocenters. The summed E-state index contributed by atoms with van der Waals surface area (Å²) < 4.78 is 11.8. The minimum atomic E-state index is -0.186. The maximum atomic E-state index is 11.8. The Morgan fingerprint density at radius 1 is 0.880 bits per heavy atom. The Balaban J connectivity index is 0.000000196. The third-order valence-electron chi connectivity index (χ3n) is 4.62. The van der Waals surface area contributed by atoms with Crippen molar-refractivity contribution in [2.24, 2.45) is 5.92 Å². The highest BCUT2D eigenvalue weighted by Crippen LogP contribution is 2.15. The van der Waals surface area contributed by atoms with Crippen LogP contribution in [-0.4, -0.2) is 31.2 Å². The maximum Gasteiger partial charge on any atom is 0.102 e. The van der Waals surface area contributed by atoms with Crippen LogP contribution >= 0.6 is 0 Å². The zero-order valence-corrected chi connectivity index (χ0v) is 15.3. The van der Waals surface area contributed by atoms with Gasteiger partial charge in [-0.05, 0) is 43.0 Å². The Morgan fingerprint density at radius 2 is 1.36 bits per heavy atom. The monoisotopic (exact) mass is 342 g/mol. The highest BCUT2D eigenvalue weighted by Gasteiger charge is 2.14. The topological polar surface area (TPSA) is 15.3 Å². The van der Waals surface area contributed by atoms with E-state index in [0.29, 0.717) is 6.54 Å². The van der Waals surface area contributed by atoms with Crippen LogP contribution in [0.4, 0.5) is 4.39 Å². The maximum absolute atomic E-state index is 11.8. The zero-order valence-electron chi connectivity index (χ0n) is 15.3. The quantitative estimate of drug-likeness (QED) is 0.821. The second-order valence-electron chi connectivity index (χ2n) is 6.79. The van der Waals surface area contributed by atoms with E-state index in [2.05, 4.69) is 65.7 Å². The Bertz CT molecular complexity index is 511. The molecule has 1 fully saturated rings. The Labute approximate surface area is 152 Å². The number of hydrogen-bond acceptors (Lipinski definition) is 2. The fourth-order valence-corrected chi connectivity index (χ4v) is 2.95. The summed E-state index contributed by atoms with van der Waals surface area (Å²) in [7, 11) is 0. The van der Waals surface area contributed by atoms with E-state index in [-0.39, 0.29) is 6.67 Å². The van der Waals surface area contributed by atoms with E-state index in [9.17, 15) is 4.39 Å². The molecule has 0 unspecified atom stereocenters. The van der Waals surface area contributed by atoms with Crippen molar-refractivity contribution in [3.63, 3.8) is 0 Å². The molecule has 25 heavy (non-hydrogen) atoms. The molecule has 2 aromatic carbocycles. The van der Waals surface area contributed by atoms with Crippen LogP contribution in [0.15, 0.2) is 60.7 Å². The molecule has 3 rings (SSSR count). The van der Waals surface area contributed by atoms with Crippen LogP contribution in [0.5, 0.6) is 0 Å². The van der Waals surface area contributed by atoms with E-state index in [1.165, 1.54) is 24.0 Å². The second-order valence-corrected chi connectivity index (χ2v) is 6.79. The summed E-state index contributed by atoms with van der Waals surface area (Å²) in [6.45, 7) is 6.79. The largest absolute Gasteiger partial charge is 0.309 e. The number of halogens is 1. The molecule has 0 amide bonds. The van der Waals surface area contributed by atoms with Gasteiger partial charge in [0.1, 0.15) is 6.67 Å². The molecule has 1 aliphatic rings. The molecule has 1 N–H and O–H groups in total. The third kappa shape index (κ3) is 8.28. The van der Waals surface area contributed by atoms with Crippen LogP contribution in [0.3, 0.4) is 0 Å². The van der Waals surface area contributed by atoms with Crippen molar-refractivity contribution in [2.45, 2.75) is 32.9 Å². The molecule has 1 saturated heterocycles. The molecule has 136 valence electrons. The van der Waals surface area contributed by atoms with E-state index in [1.54, 1.807) is 0 Å². The summed E-state index contributed by atoms with van der Waals surface area (Å²) in [4.78, 5) is 2.21. The average Bonchev–Trinajstić information content (AvgIpc) is 2.66. The summed E-state index contributed by atoms with van der Waals surface area (Å²) in [6.07, 6.45) is 2.50. The number of alkyl halides is 1. The molecular formula is C22H31FN2. The van der Waals surface area contributed by atoms with E-state index < -0.39 is 0 Å². The lowest BCUT2D eigenvalue weighted by Gasteiger charge is -2.29. The van der Waals surface area contributed by atoms with Gasteiger partial charge in [-0.1, -0.05) is 67.6 Å². The van der Waals surface area contributed by atoms with Gasteiger partial charge in [0.25, 0.3) is 0 Å². The van der Waals surface area contributed by atoms with Crippen molar-refractivity contribution >= 4 is 0 Å². The number of rotatable bonds is 6. The molecule has 0 radical (unpaired) electrons. The van der Waals surface area contributed by atoms with Gasteiger partial charge < -0.3 is 10.2 Å². The lowest BCUT2D eigenvalue weighted by atomic mass is 9.99. The fourth-order valence-electron chi connectivity index (χ4n) is 2.95. The summed E-state index contributed by atoms with van der Waals surface area (Å²) in [5, 5.41) is 3.42. The van der Waals surface area contributed by atoms with E-state index >= 15 is 0 Å². The molecule has 0 bridgehead atoms. The van der Waals surface area contributed by atoms with Crippen molar-refractivity contribution in [1.82, 2.24) is 10.2 Å². The Hall–Kier alpha value is -1.71. The van der Waals surface area contributed by atoms with Crippen molar-refractivity contribution in [3.05, 3.63) is 71.8 Å². The molecular weight excluding hydrogens is 311 g/mol. The molecule has 1 heterocycles. The van der Waals surface area contributed by atoms with Crippen molar-refractivity contribution < 1.29 is 4.39 Å². The van der Waals surface area contributed by atoms with Crippen LogP contribution in [0.2, 0.25) is 0 Å². The minimum absolute atomic E-state index is 0.186. The van der Waals surface area contributed by atoms with Gasteiger partial charge in [-0.15, -0.1) is 0 Å². The number of nitrogens with one attached hydrogen (secondary N) is 1. The van der Waals surface area contributed by atoms with E-state index in [4.69, 9.17) is 0 Å². The highest BCUT2D eigenvalue weighted by atomic mass is 19.1. The number of benzene rings is 2. The SMILES string of the molecule is CC1CCN(CCF)CC1.c1ccc(CNCc2ccccc2)cc1. The first kappa shape index (κ1) is 19.6. The molecule has 0 aliphatic carbocycles. The smallest absolute Gasteiger partial charge is 0.102 e. The van der Waals surface area contributed by atoms with Crippen LogP contribution in [-0.2, 0) is 13.1 Å². The minimum Gasteiger partial charge on any atom is -0.309 e. The van der Waals surface area contributed by atoms with Crippen molar-refractivity contribution in [2.75, 3.05) is 26.3 Å². The predicted molar refractivity (Wildman–Crippen MR) is 104 cm³/mol. The summed E-state index contributed by atoms with van der Waals surface area (Å²) in [5.74, 6) is 0.857. The van der Waals surface area contributed by atoms with Crippen LogP contribution in [0.25, 0.3) is 0 Å². The van der Waals surface area contributed by atoms with Gasteiger partial charge in [0.2, 0.25) is 0 Å². The van der Waals surface area contributed by atoms with Gasteiger partial charge in [-0.25, -0.2) is 4.39 Å². The average molecular weight is 343 g/mol. The molecule has 2 nitrogen and oxygen atoms in total. The molecule has 0 saturated carbocycles. The normalized spacial score (nSPS) is 15.4. The lowest BCUT2D eigenvalue weighted by molar-refractivity contribution is 0.180. The number of nitrogens with zero attached hydrogens (tertiary/aromatic N) is 1. The van der Waals surface area contributed by atoms with Crippen LogP contribution < -0.4 is 5.32 Å². The number of hydrogen-bond donors (Lipinski definition) is 1. The van der Waals surface area contributed by atoms with E-state index in [1.807, 2.05) is 12.1 Å². The second kappa shape index (κ2) is 11.8. The molecule has 2 aromatic rings. The van der Waals surface area contributed by atoms with Crippen molar-refractivity contribution in [1.29, 1.82) is 0 Å². The Morgan fingerprint density at radius 3 is 1.80 bits per heavy atom.